The highest BCUT2D eigenvalue weighted by Gasteiger charge is 2.34. The van der Waals surface area contributed by atoms with Crippen molar-refractivity contribution in [1.29, 1.82) is 0 Å². The minimum Gasteiger partial charge on any atom is -0.366 e. The molecule has 0 aliphatic heterocycles. The van der Waals surface area contributed by atoms with Crippen LogP contribution in [0.3, 0.4) is 0 Å². The quantitative estimate of drug-likeness (QED) is 0.242. The molecular weight excluding hydrogens is 423 g/mol. The molecule has 1 aromatic carbocycles. The summed E-state index contributed by atoms with van der Waals surface area (Å²) < 4.78 is 49.8. The Hall–Kier alpha value is -2.89. The predicted octanol–water partition coefficient (Wildman–Crippen LogP) is 2.68. The number of halogens is 1. The summed E-state index contributed by atoms with van der Waals surface area (Å²) in [6.45, 7) is 10.4. The van der Waals surface area contributed by atoms with E-state index in [1.54, 1.807) is 32.3 Å². The summed E-state index contributed by atoms with van der Waals surface area (Å²) in [5.74, 6) is 4.66. The maximum atomic E-state index is 14.2. The molecule has 0 aliphatic rings. The van der Waals surface area contributed by atoms with Gasteiger partial charge in [0.1, 0.15) is 17.2 Å². The largest absolute Gasteiger partial charge is 0.366 e. The topological polar surface area (TPSA) is 132 Å². The van der Waals surface area contributed by atoms with Crippen molar-refractivity contribution in [2.75, 3.05) is 5.32 Å². The molecule has 2 atom stereocenters. The molecule has 2 rings (SSSR count). The number of benzene rings is 1. The van der Waals surface area contributed by atoms with E-state index in [1.165, 1.54) is 25.1 Å². The van der Waals surface area contributed by atoms with Crippen LogP contribution in [-0.4, -0.2) is 35.7 Å². The minimum atomic E-state index is -4.20. The first-order chi connectivity index (χ1) is 14.6. The number of hydrogen-bond acceptors (Lipinski definition) is 6. The van der Waals surface area contributed by atoms with E-state index in [4.69, 9.17) is 10.6 Å². The van der Waals surface area contributed by atoms with Crippen molar-refractivity contribution in [1.82, 2.24) is 15.4 Å². The summed E-state index contributed by atoms with van der Waals surface area (Å²) in [5, 5.41) is 1.41. The second-order valence-corrected chi connectivity index (χ2v) is 9.02. The van der Waals surface area contributed by atoms with E-state index in [-0.39, 0.29) is 23.6 Å². The number of sulfonamides is 1. The molecule has 0 radical (unpaired) electrons. The molecule has 0 saturated carbocycles. The van der Waals surface area contributed by atoms with Crippen LogP contribution in [0.15, 0.2) is 41.6 Å². The third kappa shape index (κ3) is 6.29. The number of rotatable bonds is 8. The molecule has 0 spiro atoms. The molecule has 0 aliphatic carbocycles. The van der Waals surface area contributed by atoms with E-state index >= 15 is 0 Å². The van der Waals surface area contributed by atoms with Crippen LogP contribution < -0.4 is 16.6 Å². The fourth-order valence-electron chi connectivity index (χ4n) is 2.64. The van der Waals surface area contributed by atoms with Gasteiger partial charge in [-0.1, -0.05) is 24.8 Å². The summed E-state index contributed by atoms with van der Waals surface area (Å²) in [6, 6.07) is 4.31. The Balaban J connectivity index is 2.40. The number of guanidine groups is 1. The average molecular weight is 451 g/mol. The maximum Gasteiger partial charge on any atom is 0.262 e. The standard InChI is InChI=1S/C20H27FN6O3S/c1-6-15-8-7-9-16(21)17(15)25-20(26-22)27-31(28,29)14(5)18(30-12(2)3)19-23-10-13(4)11-24-19/h6-12,14,18H,1,22H2,2-5H3,(H2,25,26,27)/t14-,18+/m0/s1. The van der Waals surface area contributed by atoms with Gasteiger partial charge in [-0.15, -0.1) is 4.40 Å². The molecule has 9 nitrogen and oxygen atoms in total. The summed E-state index contributed by atoms with van der Waals surface area (Å²) in [4.78, 5) is 8.40. The second-order valence-electron chi connectivity index (χ2n) is 7.06. The monoisotopic (exact) mass is 450 g/mol. The van der Waals surface area contributed by atoms with Crippen molar-refractivity contribution < 1.29 is 17.5 Å². The third-order valence-corrected chi connectivity index (χ3v) is 5.86. The third-order valence-electron chi connectivity index (χ3n) is 4.23. The van der Waals surface area contributed by atoms with Gasteiger partial charge in [0.2, 0.25) is 5.96 Å². The van der Waals surface area contributed by atoms with Crippen molar-refractivity contribution in [3.8, 4) is 0 Å². The number of ether oxygens (including phenoxy) is 1. The van der Waals surface area contributed by atoms with Crippen molar-refractivity contribution in [3.63, 3.8) is 0 Å². The molecule has 1 aromatic heterocycles. The highest BCUT2D eigenvalue weighted by atomic mass is 32.2. The van der Waals surface area contributed by atoms with Gasteiger partial charge in [-0.25, -0.2) is 28.6 Å². The number of para-hydroxylation sites is 1. The zero-order valence-electron chi connectivity index (χ0n) is 17.8. The zero-order valence-corrected chi connectivity index (χ0v) is 18.6. The van der Waals surface area contributed by atoms with E-state index < -0.39 is 27.2 Å². The van der Waals surface area contributed by atoms with Gasteiger partial charge < -0.3 is 10.1 Å². The molecule has 168 valence electrons. The van der Waals surface area contributed by atoms with E-state index in [0.717, 1.165) is 5.56 Å². The maximum absolute atomic E-state index is 14.2. The van der Waals surface area contributed by atoms with Crippen LogP contribution in [0, 0.1) is 12.7 Å². The molecule has 31 heavy (non-hydrogen) atoms. The first kappa shape index (κ1) is 24.4. The molecule has 0 saturated heterocycles. The van der Waals surface area contributed by atoms with E-state index in [2.05, 4.69) is 31.7 Å². The number of aryl methyl sites for hydroxylation is 1. The van der Waals surface area contributed by atoms with Gasteiger partial charge in [0, 0.05) is 18.0 Å². The number of nitrogens with one attached hydrogen (secondary N) is 2. The van der Waals surface area contributed by atoms with Crippen LogP contribution in [0.5, 0.6) is 0 Å². The highest BCUT2D eigenvalue weighted by molar-refractivity contribution is 7.90. The van der Waals surface area contributed by atoms with Gasteiger partial charge in [0.15, 0.2) is 5.82 Å². The van der Waals surface area contributed by atoms with Crippen LogP contribution in [0.4, 0.5) is 10.1 Å². The lowest BCUT2D eigenvalue weighted by molar-refractivity contribution is 0.00145. The van der Waals surface area contributed by atoms with E-state index in [9.17, 15) is 12.8 Å². The second kappa shape index (κ2) is 10.4. The van der Waals surface area contributed by atoms with Crippen molar-refractivity contribution in [2.45, 2.75) is 45.2 Å². The Morgan fingerprint density at radius 3 is 2.48 bits per heavy atom. The number of anilines is 1. The SMILES string of the molecule is C=Cc1cccc(F)c1NC(=NS(=O)(=O)[C@@H](C)[C@@H](OC(C)C)c1ncc(C)cn1)NN. The Morgan fingerprint density at radius 1 is 1.29 bits per heavy atom. The van der Waals surface area contributed by atoms with Crippen molar-refractivity contribution >= 4 is 27.7 Å². The molecule has 0 fully saturated rings. The van der Waals surface area contributed by atoms with Crippen LogP contribution in [0.2, 0.25) is 0 Å². The smallest absolute Gasteiger partial charge is 0.262 e. The fourth-order valence-corrected chi connectivity index (χ4v) is 3.65. The molecule has 1 heterocycles. The number of hydrogen-bond donors (Lipinski definition) is 3. The average Bonchev–Trinajstić information content (AvgIpc) is 2.72. The lowest BCUT2D eigenvalue weighted by Gasteiger charge is -2.24. The highest BCUT2D eigenvalue weighted by Crippen LogP contribution is 2.26. The van der Waals surface area contributed by atoms with Crippen molar-refractivity contribution in [3.05, 3.63) is 59.9 Å². The Kier molecular flexibility index (Phi) is 8.20. The minimum absolute atomic E-state index is 0.0195. The predicted molar refractivity (Wildman–Crippen MR) is 119 cm³/mol. The van der Waals surface area contributed by atoms with E-state index in [1.807, 2.05) is 6.92 Å². The van der Waals surface area contributed by atoms with Crippen LogP contribution >= 0.6 is 0 Å². The Labute approximate surface area is 181 Å². The lowest BCUT2D eigenvalue weighted by Crippen LogP contribution is -2.39. The normalized spacial score (nSPS) is 14.2. The van der Waals surface area contributed by atoms with Crippen LogP contribution in [0.1, 0.15) is 43.8 Å². The fraction of sp³-hybridized carbons (Fsp3) is 0.350. The zero-order chi connectivity index (χ0) is 23.2. The molecule has 0 amide bonds. The van der Waals surface area contributed by atoms with Crippen LogP contribution in [-0.2, 0) is 14.8 Å². The number of hydrazine groups is 1. The van der Waals surface area contributed by atoms with Gasteiger partial charge in [-0.2, -0.15) is 0 Å². The number of nitrogens with zero attached hydrogens (tertiary/aromatic N) is 3. The molecule has 11 heteroatoms. The number of nitrogens with two attached hydrogens (primary N) is 1. The first-order valence-corrected chi connectivity index (χ1v) is 11.0. The van der Waals surface area contributed by atoms with Crippen molar-refractivity contribution in [2.24, 2.45) is 10.2 Å². The van der Waals surface area contributed by atoms with Gasteiger partial charge in [0.05, 0.1) is 11.8 Å². The van der Waals surface area contributed by atoms with Gasteiger partial charge in [0.25, 0.3) is 10.0 Å². The van der Waals surface area contributed by atoms with E-state index in [0.29, 0.717) is 5.56 Å². The Bertz CT molecular complexity index is 1040. The van der Waals surface area contributed by atoms with Gasteiger partial charge in [-0.3, -0.25) is 5.43 Å². The van der Waals surface area contributed by atoms with Gasteiger partial charge in [-0.05, 0) is 39.3 Å². The summed E-state index contributed by atoms with van der Waals surface area (Å²) >= 11 is 0. The Morgan fingerprint density at radius 2 is 1.94 bits per heavy atom. The van der Waals surface area contributed by atoms with Gasteiger partial charge >= 0.3 is 0 Å². The van der Waals surface area contributed by atoms with Crippen LogP contribution in [0.25, 0.3) is 6.08 Å². The molecule has 4 N–H and O–H groups in total. The summed E-state index contributed by atoms with van der Waals surface area (Å²) in [6.07, 6.45) is 3.29. The molecular formula is C20H27FN6O3S. The first-order valence-electron chi connectivity index (χ1n) is 9.51. The summed E-state index contributed by atoms with van der Waals surface area (Å²) in [5.41, 5.74) is 3.36. The number of aromatic nitrogens is 2. The molecule has 0 bridgehead atoms. The summed E-state index contributed by atoms with van der Waals surface area (Å²) in [7, 11) is -4.20. The molecule has 0 unspecified atom stereocenters. The lowest BCUT2D eigenvalue weighted by atomic mass is 10.1. The molecule has 2 aromatic rings.